The lowest BCUT2D eigenvalue weighted by atomic mass is 9.71. The molecule has 0 aliphatic carbocycles. The Morgan fingerprint density at radius 2 is 2.22 bits per heavy atom. The molecular formula is C19H22ClNO2. The average molecular weight is 332 g/mol. The van der Waals surface area contributed by atoms with Crippen molar-refractivity contribution in [1.29, 1.82) is 0 Å². The number of carbonyl (C=O) groups excluding carboxylic acids is 1. The highest BCUT2D eigenvalue weighted by molar-refractivity contribution is 6.31. The second-order valence-corrected chi connectivity index (χ2v) is 7.50. The first-order valence-electron chi connectivity index (χ1n) is 8.38. The van der Waals surface area contributed by atoms with Crippen molar-refractivity contribution < 1.29 is 9.53 Å². The molecule has 0 aromatic heterocycles. The van der Waals surface area contributed by atoms with Crippen LogP contribution in [0.2, 0.25) is 5.02 Å². The van der Waals surface area contributed by atoms with Crippen LogP contribution in [0.15, 0.2) is 23.8 Å². The number of hydrogen-bond acceptors (Lipinski definition) is 3. The minimum Gasteiger partial charge on any atom is -0.469 e. The van der Waals surface area contributed by atoms with E-state index >= 15 is 0 Å². The number of methoxy groups -OCH3 is 1. The van der Waals surface area contributed by atoms with Gasteiger partial charge in [-0.3, -0.25) is 9.69 Å². The third-order valence-corrected chi connectivity index (χ3v) is 6.33. The molecule has 4 aliphatic heterocycles. The average Bonchev–Trinajstić information content (AvgIpc) is 2.85. The number of esters is 1. The van der Waals surface area contributed by atoms with E-state index in [2.05, 4.69) is 23.1 Å². The minimum absolute atomic E-state index is 0.000305. The van der Waals surface area contributed by atoms with Crippen molar-refractivity contribution in [3.8, 4) is 0 Å². The number of ether oxygens (including phenoxy) is 1. The minimum atomic E-state index is -0.0436. The standard InChI is InChI=1S/C19H22ClNO2/c1-11-3-4-12(8-16(11)20)7-13-10-21-14-5-6-17(21)18(15(13)9-14)19(22)23-2/h3-4,7-8,14-15,17-18H,5-6,9-10H2,1-2H3/b13-7+/t14-,15+,17+,18-/m0/s1. The first-order chi connectivity index (χ1) is 11.1. The Labute approximate surface area is 142 Å². The number of rotatable bonds is 2. The summed E-state index contributed by atoms with van der Waals surface area (Å²) < 4.78 is 5.11. The predicted octanol–water partition coefficient (Wildman–Crippen LogP) is 3.69. The van der Waals surface area contributed by atoms with Crippen molar-refractivity contribution in [3.63, 3.8) is 0 Å². The van der Waals surface area contributed by atoms with Gasteiger partial charge in [0.1, 0.15) is 0 Å². The largest absolute Gasteiger partial charge is 0.469 e. The lowest BCUT2D eigenvalue weighted by Gasteiger charge is -2.50. The highest BCUT2D eigenvalue weighted by atomic mass is 35.5. The lowest BCUT2D eigenvalue weighted by molar-refractivity contribution is -0.153. The van der Waals surface area contributed by atoms with Gasteiger partial charge in [-0.1, -0.05) is 35.4 Å². The molecule has 4 heteroatoms. The van der Waals surface area contributed by atoms with Gasteiger partial charge in [0.15, 0.2) is 0 Å². The Morgan fingerprint density at radius 1 is 1.39 bits per heavy atom. The number of fused-ring (bicyclic) bond motifs is 1. The Hall–Kier alpha value is -1.32. The van der Waals surface area contributed by atoms with Crippen LogP contribution in [0.3, 0.4) is 0 Å². The van der Waals surface area contributed by atoms with E-state index in [1.807, 2.05) is 13.0 Å². The fourth-order valence-electron chi connectivity index (χ4n) is 4.79. The maximum absolute atomic E-state index is 12.3. The fraction of sp³-hybridized carbons (Fsp3) is 0.526. The normalized spacial score (nSPS) is 36.5. The van der Waals surface area contributed by atoms with Gasteiger partial charge in [-0.2, -0.15) is 0 Å². The Balaban J connectivity index is 1.69. The van der Waals surface area contributed by atoms with Gasteiger partial charge < -0.3 is 4.74 Å². The van der Waals surface area contributed by atoms with Crippen LogP contribution in [-0.4, -0.2) is 36.6 Å². The summed E-state index contributed by atoms with van der Waals surface area (Å²) in [6.07, 6.45) is 5.67. The van der Waals surface area contributed by atoms with Gasteiger partial charge in [-0.25, -0.2) is 0 Å². The van der Waals surface area contributed by atoms with Gasteiger partial charge in [-0.05, 0) is 49.3 Å². The molecule has 23 heavy (non-hydrogen) atoms. The summed E-state index contributed by atoms with van der Waals surface area (Å²) in [6.45, 7) is 3.00. The molecule has 4 heterocycles. The zero-order valence-corrected chi connectivity index (χ0v) is 14.3. The summed E-state index contributed by atoms with van der Waals surface area (Å²) in [4.78, 5) is 14.9. The number of carbonyl (C=O) groups is 1. The van der Waals surface area contributed by atoms with Gasteiger partial charge in [-0.15, -0.1) is 0 Å². The zero-order valence-electron chi connectivity index (χ0n) is 13.6. The highest BCUT2D eigenvalue weighted by Gasteiger charge is 2.55. The molecule has 122 valence electrons. The number of piperidine rings is 3. The smallest absolute Gasteiger partial charge is 0.310 e. The lowest BCUT2D eigenvalue weighted by Crippen LogP contribution is -2.58. The summed E-state index contributed by atoms with van der Waals surface area (Å²) in [7, 11) is 1.51. The van der Waals surface area contributed by atoms with Crippen molar-refractivity contribution in [3.05, 3.63) is 39.9 Å². The Bertz CT molecular complexity index is 684. The quantitative estimate of drug-likeness (QED) is 0.774. The van der Waals surface area contributed by atoms with E-state index in [1.54, 1.807) is 0 Å². The summed E-state index contributed by atoms with van der Waals surface area (Å²) in [5.41, 5.74) is 3.57. The molecule has 1 aromatic carbocycles. The molecule has 1 unspecified atom stereocenters. The number of halogens is 1. The van der Waals surface area contributed by atoms with Gasteiger partial charge in [0.25, 0.3) is 0 Å². The third kappa shape index (κ3) is 2.41. The summed E-state index contributed by atoms with van der Waals surface area (Å²) in [5.74, 6) is 0.280. The number of aryl methyl sites for hydroxylation is 1. The van der Waals surface area contributed by atoms with E-state index in [4.69, 9.17) is 16.3 Å². The zero-order chi connectivity index (χ0) is 16.1. The molecule has 0 amide bonds. The molecule has 4 aliphatic rings. The molecule has 4 fully saturated rings. The van der Waals surface area contributed by atoms with E-state index < -0.39 is 0 Å². The molecular weight excluding hydrogens is 310 g/mol. The predicted molar refractivity (Wildman–Crippen MR) is 91.3 cm³/mol. The number of benzene rings is 1. The van der Waals surface area contributed by atoms with E-state index in [0.29, 0.717) is 18.0 Å². The van der Waals surface area contributed by atoms with Crippen LogP contribution >= 0.6 is 11.6 Å². The first-order valence-corrected chi connectivity index (χ1v) is 8.76. The van der Waals surface area contributed by atoms with Crippen molar-refractivity contribution in [2.75, 3.05) is 13.7 Å². The number of nitrogens with zero attached hydrogens (tertiary/aromatic N) is 1. The van der Waals surface area contributed by atoms with Crippen LogP contribution in [0.25, 0.3) is 6.08 Å². The second-order valence-electron chi connectivity index (χ2n) is 7.09. The molecule has 0 N–H and O–H groups in total. The van der Waals surface area contributed by atoms with Crippen molar-refractivity contribution in [2.45, 2.75) is 38.3 Å². The maximum atomic E-state index is 12.3. The van der Waals surface area contributed by atoms with Gasteiger partial charge in [0.2, 0.25) is 0 Å². The highest BCUT2D eigenvalue weighted by Crippen LogP contribution is 2.50. The van der Waals surface area contributed by atoms with E-state index in [1.165, 1.54) is 19.1 Å². The molecule has 0 radical (unpaired) electrons. The van der Waals surface area contributed by atoms with Crippen LogP contribution in [0.4, 0.5) is 0 Å². The molecule has 0 saturated carbocycles. The Morgan fingerprint density at radius 3 is 2.96 bits per heavy atom. The van der Waals surface area contributed by atoms with Crippen LogP contribution in [-0.2, 0) is 9.53 Å². The summed E-state index contributed by atoms with van der Waals surface area (Å²) in [5, 5.41) is 0.796. The maximum Gasteiger partial charge on any atom is 0.310 e. The van der Waals surface area contributed by atoms with Crippen LogP contribution < -0.4 is 0 Å². The molecule has 1 aromatic rings. The monoisotopic (exact) mass is 331 g/mol. The van der Waals surface area contributed by atoms with Crippen LogP contribution in [0.5, 0.6) is 0 Å². The van der Waals surface area contributed by atoms with Gasteiger partial charge >= 0.3 is 5.97 Å². The first kappa shape index (κ1) is 15.2. The van der Waals surface area contributed by atoms with Crippen molar-refractivity contribution >= 4 is 23.6 Å². The topological polar surface area (TPSA) is 29.5 Å². The molecule has 5 rings (SSSR count). The van der Waals surface area contributed by atoms with E-state index in [0.717, 1.165) is 35.5 Å². The fourth-order valence-corrected chi connectivity index (χ4v) is 4.98. The molecule has 0 spiro atoms. The van der Waals surface area contributed by atoms with E-state index in [-0.39, 0.29) is 11.9 Å². The van der Waals surface area contributed by atoms with Crippen LogP contribution in [0, 0.1) is 18.8 Å². The molecule has 4 saturated heterocycles. The summed E-state index contributed by atoms with van der Waals surface area (Å²) >= 11 is 6.25. The van der Waals surface area contributed by atoms with Gasteiger partial charge in [0.05, 0.1) is 13.0 Å². The van der Waals surface area contributed by atoms with Crippen LogP contribution in [0.1, 0.15) is 30.4 Å². The molecule has 5 atom stereocenters. The third-order valence-electron chi connectivity index (χ3n) is 5.93. The van der Waals surface area contributed by atoms with Crippen molar-refractivity contribution in [1.82, 2.24) is 4.90 Å². The van der Waals surface area contributed by atoms with E-state index in [9.17, 15) is 4.79 Å². The van der Waals surface area contributed by atoms with Crippen molar-refractivity contribution in [2.24, 2.45) is 11.8 Å². The Kier molecular flexibility index (Phi) is 3.73. The molecule has 3 nitrogen and oxygen atoms in total. The number of hydrogen-bond donors (Lipinski definition) is 0. The second kappa shape index (κ2) is 5.64. The van der Waals surface area contributed by atoms with Gasteiger partial charge in [0, 0.05) is 23.7 Å². The SMILES string of the molecule is COC(=O)[C@H]1[C@@H]2C[C@@H]3CC[C@H]1N3C/C2=C\c1ccc(C)c(Cl)c1. The summed E-state index contributed by atoms with van der Waals surface area (Å²) in [6, 6.07) is 7.21. The molecule has 4 bridgehead atoms.